The number of carbonyl (C=O) groups is 1. The molecule has 1 aliphatic rings. The van der Waals surface area contributed by atoms with Crippen molar-refractivity contribution in [1.82, 2.24) is 9.88 Å². The monoisotopic (exact) mass is 340 g/mol. The summed E-state index contributed by atoms with van der Waals surface area (Å²) in [4.78, 5) is 18.9. The molecule has 0 bridgehead atoms. The van der Waals surface area contributed by atoms with E-state index in [9.17, 15) is 4.79 Å². The van der Waals surface area contributed by atoms with Crippen molar-refractivity contribution in [3.05, 3.63) is 53.9 Å². The molecule has 1 saturated heterocycles. The second-order valence-corrected chi connectivity index (χ2v) is 7.85. The number of thioether (sulfide) groups is 1. The summed E-state index contributed by atoms with van der Waals surface area (Å²) < 4.78 is 0. The molecule has 2 unspecified atom stereocenters. The topological polar surface area (TPSA) is 33.2 Å². The Morgan fingerprint density at radius 3 is 2.54 bits per heavy atom. The lowest BCUT2D eigenvalue weighted by Crippen LogP contribution is -2.39. The zero-order chi connectivity index (χ0) is 17.3. The average molecular weight is 340 g/mol. The van der Waals surface area contributed by atoms with Gasteiger partial charge in [-0.25, -0.2) is 0 Å². The number of hydrogen-bond donors (Lipinski definition) is 0. The minimum atomic E-state index is 0.0416. The number of nitrogens with zero attached hydrogens (tertiary/aromatic N) is 2. The van der Waals surface area contributed by atoms with Gasteiger partial charge in [-0.05, 0) is 37.0 Å². The molecular formula is C20H24N2OS. The standard InChI is InChI=1S/C20H24N2OS/c1-13(2)15(4)22-19(23)12-24-20(22)18-11-21-10-9-17(18)16-7-5-14(3)6-8-16/h5-11,13,15,20H,12H2,1-4H3. The number of rotatable bonds is 4. The summed E-state index contributed by atoms with van der Waals surface area (Å²) in [5.74, 6) is 1.20. The van der Waals surface area contributed by atoms with Crippen LogP contribution < -0.4 is 0 Å². The molecule has 126 valence electrons. The molecule has 0 spiro atoms. The number of hydrogen-bond acceptors (Lipinski definition) is 3. The first kappa shape index (κ1) is 17.0. The van der Waals surface area contributed by atoms with E-state index in [1.54, 1.807) is 11.8 Å². The summed E-state index contributed by atoms with van der Waals surface area (Å²) in [6.07, 6.45) is 3.75. The van der Waals surface area contributed by atoms with Crippen molar-refractivity contribution in [3.63, 3.8) is 0 Å². The van der Waals surface area contributed by atoms with Crippen molar-refractivity contribution in [2.45, 2.75) is 39.1 Å². The summed E-state index contributed by atoms with van der Waals surface area (Å²) in [5.41, 5.74) is 4.72. The lowest BCUT2D eigenvalue weighted by Gasteiger charge is -2.33. The molecule has 0 aliphatic carbocycles. The van der Waals surface area contributed by atoms with Gasteiger partial charge in [-0.1, -0.05) is 43.7 Å². The van der Waals surface area contributed by atoms with E-state index in [2.05, 4.69) is 63.0 Å². The van der Waals surface area contributed by atoms with E-state index in [0.29, 0.717) is 11.7 Å². The second-order valence-electron chi connectivity index (χ2n) is 6.78. The molecule has 0 N–H and O–H groups in total. The molecule has 2 atom stereocenters. The average Bonchev–Trinajstić information content (AvgIpc) is 2.96. The number of pyridine rings is 1. The minimum Gasteiger partial charge on any atom is -0.323 e. The number of aryl methyl sites for hydroxylation is 1. The van der Waals surface area contributed by atoms with Gasteiger partial charge in [0.1, 0.15) is 5.37 Å². The van der Waals surface area contributed by atoms with E-state index in [1.165, 1.54) is 11.1 Å². The lowest BCUT2D eigenvalue weighted by molar-refractivity contribution is -0.130. The van der Waals surface area contributed by atoms with Gasteiger partial charge in [-0.3, -0.25) is 9.78 Å². The maximum Gasteiger partial charge on any atom is 0.234 e. The fourth-order valence-electron chi connectivity index (χ4n) is 3.04. The van der Waals surface area contributed by atoms with Crippen LogP contribution in [0.2, 0.25) is 0 Å². The summed E-state index contributed by atoms with van der Waals surface area (Å²) in [7, 11) is 0. The normalized spacial score (nSPS) is 19.1. The van der Waals surface area contributed by atoms with Gasteiger partial charge in [-0.15, -0.1) is 11.8 Å². The van der Waals surface area contributed by atoms with Gasteiger partial charge in [0.05, 0.1) is 5.75 Å². The maximum absolute atomic E-state index is 12.5. The first-order valence-electron chi connectivity index (χ1n) is 8.42. The molecule has 3 rings (SSSR count). The molecule has 1 aromatic carbocycles. The highest BCUT2D eigenvalue weighted by molar-refractivity contribution is 8.00. The first-order valence-corrected chi connectivity index (χ1v) is 9.47. The van der Waals surface area contributed by atoms with Crippen LogP contribution in [0.3, 0.4) is 0 Å². The van der Waals surface area contributed by atoms with Crippen molar-refractivity contribution < 1.29 is 4.79 Å². The largest absolute Gasteiger partial charge is 0.323 e. The fourth-order valence-corrected chi connectivity index (χ4v) is 4.32. The van der Waals surface area contributed by atoms with Gasteiger partial charge in [0, 0.05) is 24.0 Å². The maximum atomic E-state index is 12.5. The van der Waals surface area contributed by atoms with Gasteiger partial charge in [-0.2, -0.15) is 0 Å². The summed E-state index contributed by atoms with van der Waals surface area (Å²) in [6.45, 7) is 8.57. The lowest BCUT2D eigenvalue weighted by atomic mass is 9.98. The third kappa shape index (κ3) is 3.20. The highest BCUT2D eigenvalue weighted by Crippen LogP contribution is 2.44. The van der Waals surface area contributed by atoms with Crippen LogP contribution in [-0.2, 0) is 4.79 Å². The van der Waals surface area contributed by atoms with E-state index in [1.807, 2.05) is 17.3 Å². The van der Waals surface area contributed by atoms with Crippen LogP contribution in [0.1, 0.15) is 37.3 Å². The van der Waals surface area contributed by atoms with Crippen molar-refractivity contribution in [2.24, 2.45) is 5.92 Å². The number of aromatic nitrogens is 1. The number of carbonyl (C=O) groups excluding carboxylic acids is 1. The van der Waals surface area contributed by atoms with Crippen molar-refractivity contribution in [2.75, 3.05) is 5.75 Å². The van der Waals surface area contributed by atoms with E-state index in [0.717, 1.165) is 11.1 Å². The number of amides is 1. The molecule has 2 aromatic rings. The molecule has 2 heterocycles. The molecule has 1 aromatic heterocycles. The first-order chi connectivity index (χ1) is 11.5. The molecule has 24 heavy (non-hydrogen) atoms. The SMILES string of the molecule is Cc1ccc(-c2ccncc2C2SCC(=O)N2C(C)C(C)C)cc1. The minimum absolute atomic E-state index is 0.0416. The van der Waals surface area contributed by atoms with Crippen molar-refractivity contribution >= 4 is 17.7 Å². The quantitative estimate of drug-likeness (QED) is 0.810. The van der Waals surface area contributed by atoms with Crippen LogP contribution in [0.4, 0.5) is 0 Å². The van der Waals surface area contributed by atoms with E-state index >= 15 is 0 Å². The van der Waals surface area contributed by atoms with Crippen LogP contribution in [0.25, 0.3) is 11.1 Å². The zero-order valence-corrected chi connectivity index (χ0v) is 15.5. The zero-order valence-electron chi connectivity index (χ0n) is 14.7. The van der Waals surface area contributed by atoms with Crippen LogP contribution in [0.5, 0.6) is 0 Å². The Labute approximate surface area is 148 Å². The molecule has 1 amide bonds. The van der Waals surface area contributed by atoms with Gasteiger partial charge in [0.2, 0.25) is 5.91 Å². The Morgan fingerprint density at radius 2 is 1.88 bits per heavy atom. The van der Waals surface area contributed by atoms with Crippen molar-refractivity contribution in [1.29, 1.82) is 0 Å². The second kappa shape index (κ2) is 6.98. The van der Waals surface area contributed by atoms with E-state index < -0.39 is 0 Å². The van der Waals surface area contributed by atoms with Crippen LogP contribution in [0.15, 0.2) is 42.7 Å². The van der Waals surface area contributed by atoms with Gasteiger partial charge >= 0.3 is 0 Å². The van der Waals surface area contributed by atoms with Gasteiger partial charge < -0.3 is 4.90 Å². The number of benzene rings is 1. The van der Waals surface area contributed by atoms with Crippen LogP contribution >= 0.6 is 11.8 Å². The predicted molar refractivity (Wildman–Crippen MR) is 101 cm³/mol. The Hall–Kier alpha value is -1.81. The Morgan fingerprint density at radius 1 is 1.17 bits per heavy atom. The van der Waals surface area contributed by atoms with Gasteiger partial charge in [0.25, 0.3) is 0 Å². The summed E-state index contributed by atoms with van der Waals surface area (Å²) >= 11 is 1.71. The highest BCUT2D eigenvalue weighted by Gasteiger charge is 2.38. The Kier molecular flexibility index (Phi) is 4.95. The highest BCUT2D eigenvalue weighted by atomic mass is 32.2. The molecule has 4 heteroatoms. The summed E-state index contributed by atoms with van der Waals surface area (Å²) in [6, 6.07) is 10.8. The molecule has 1 aliphatic heterocycles. The fraction of sp³-hybridized carbons (Fsp3) is 0.400. The third-order valence-corrected chi connectivity index (χ3v) is 6.00. The Balaban J connectivity index is 2.03. The van der Waals surface area contributed by atoms with Crippen molar-refractivity contribution in [3.8, 4) is 11.1 Å². The Bertz CT molecular complexity index is 727. The predicted octanol–water partition coefficient (Wildman–Crippen LogP) is 4.68. The molecular weight excluding hydrogens is 316 g/mol. The molecule has 3 nitrogen and oxygen atoms in total. The smallest absolute Gasteiger partial charge is 0.234 e. The molecule has 0 radical (unpaired) electrons. The third-order valence-electron chi connectivity index (χ3n) is 4.79. The van der Waals surface area contributed by atoms with E-state index in [-0.39, 0.29) is 17.3 Å². The van der Waals surface area contributed by atoms with Crippen LogP contribution in [-0.4, -0.2) is 27.6 Å². The van der Waals surface area contributed by atoms with E-state index in [4.69, 9.17) is 0 Å². The molecule has 1 fully saturated rings. The van der Waals surface area contributed by atoms with Crippen LogP contribution in [0, 0.1) is 12.8 Å². The van der Waals surface area contributed by atoms with Gasteiger partial charge in [0.15, 0.2) is 0 Å². The molecule has 0 saturated carbocycles. The summed E-state index contributed by atoms with van der Waals surface area (Å²) in [5, 5.41) is 0.0416.